The Morgan fingerprint density at radius 1 is 0.525 bits per heavy atom. The fraction of sp³-hybridized carbons (Fsp3) is 0.234. The summed E-state index contributed by atoms with van der Waals surface area (Å²) < 4.78 is 0. The van der Waals surface area contributed by atoms with Gasteiger partial charge < -0.3 is 31.5 Å². The van der Waals surface area contributed by atoms with E-state index in [-0.39, 0.29) is 50.7 Å². The zero-order valence-corrected chi connectivity index (χ0v) is 32.3. The standard InChI is InChI=1S/C47H46N4O8/c52-38-21-15-33(16-22-38)27-40-45(56)51-41(28-32-11-17-35(18-12-32)34-9-5-2-6-10-34)46(57)50-39(26-30-7-3-1-4-8-30)42(53)29-36(47(58)59)25-31-13-19-37(20-14-31)48-43(54)23-24-44(55)49-40/h1-22,36,39-41,52H,23-29H2,(H,48,54)(H,49,55)(H,50,57)(H,51,56)(H,58,59)/t36-,39-,40-,41+/m1/s1. The number of fused-ring (bicyclic) bond motifs is 18. The highest BCUT2D eigenvalue weighted by atomic mass is 16.4. The summed E-state index contributed by atoms with van der Waals surface area (Å²) in [6, 6.07) is 35.3. The minimum Gasteiger partial charge on any atom is -0.508 e. The van der Waals surface area contributed by atoms with Gasteiger partial charge in [-0.15, -0.1) is 0 Å². The van der Waals surface area contributed by atoms with Crippen LogP contribution in [0.25, 0.3) is 11.1 Å². The molecule has 4 amide bonds. The Hall–Kier alpha value is -7.08. The maximum atomic E-state index is 14.5. The number of nitrogens with one attached hydrogen (secondary N) is 4. The zero-order chi connectivity index (χ0) is 41.7. The van der Waals surface area contributed by atoms with E-state index in [9.17, 15) is 39.0 Å². The van der Waals surface area contributed by atoms with Crippen LogP contribution in [0.1, 0.15) is 41.5 Å². The lowest BCUT2D eigenvalue weighted by Gasteiger charge is -2.26. The lowest BCUT2D eigenvalue weighted by atomic mass is 9.90. The normalized spacial score (nSPS) is 19.7. The number of carbonyl (C=O) groups is 6. The maximum Gasteiger partial charge on any atom is 0.307 e. The van der Waals surface area contributed by atoms with E-state index in [4.69, 9.17) is 0 Å². The number of carboxylic acids is 1. The summed E-state index contributed by atoms with van der Waals surface area (Å²) in [6.45, 7) is 0. The molecule has 2 bridgehead atoms. The van der Waals surface area contributed by atoms with Crippen molar-refractivity contribution < 1.29 is 39.0 Å². The van der Waals surface area contributed by atoms with Gasteiger partial charge in [-0.25, -0.2) is 0 Å². The number of Topliss-reactive ketones (excluding diaryl/α,β-unsaturated/α-hetero) is 1. The Morgan fingerprint density at radius 2 is 1.02 bits per heavy atom. The van der Waals surface area contributed by atoms with E-state index in [1.165, 1.54) is 12.1 Å². The Balaban J connectivity index is 1.35. The molecule has 2 aliphatic rings. The summed E-state index contributed by atoms with van der Waals surface area (Å²) in [6.07, 6.45) is -0.750. The Labute approximate surface area is 342 Å². The van der Waals surface area contributed by atoms with Crippen molar-refractivity contribution in [3.05, 3.63) is 156 Å². The molecule has 7 rings (SSSR count). The molecule has 0 aromatic heterocycles. The first-order valence-corrected chi connectivity index (χ1v) is 19.5. The third-order valence-electron chi connectivity index (χ3n) is 10.2. The van der Waals surface area contributed by atoms with E-state index >= 15 is 0 Å². The number of aromatic hydroxyl groups is 1. The number of carbonyl (C=O) groups excluding carboxylic acids is 5. The number of aliphatic carboxylic acids is 1. The van der Waals surface area contributed by atoms with Crippen LogP contribution in [0.3, 0.4) is 0 Å². The number of benzene rings is 5. The lowest BCUT2D eigenvalue weighted by molar-refractivity contribution is -0.144. The largest absolute Gasteiger partial charge is 0.508 e. The van der Waals surface area contributed by atoms with Crippen molar-refractivity contribution in [1.82, 2.24) is 16.0 Å². The number of phenolic OH excluding ortho intramolecular Hbond substituents is 1. The molecule has 302 valence electrons. The van der Waals surface area contributed by atoms with E-state index in [0.717, 1.165) is 16.7 Å². The highest BCUT2D eigenvalue weighted by Crippen LogP contribution is 2.22. The van der Waals surface area contributed by atoms with Gasteiger partial charge in [-0.2, -0.15) is 0 Å². The second-order valence-corrected chi connectivity index (χ2v) is 14.7. The minimum atomic E-state index is -1.25. The molecule has 0 spiro atoms. The Morgan fingerprint density at radius 3 is 1.63 bits per heavy atom. The van der Waals surface area contributed by atoms with Crippen LogP contribution in [0.2, 0.25) is 0 Å². The number of amides is 4. The van der Waals surface area contributed by atoms with E-state index in [2.05, 4.69) is 21.3 Å². The molecule has 2 heterocycles. The van der Waals surface area contributed by atoms with Crippen LogP contribution in [0.5, 0.6) is 5.75 Å². The van der Waals surface area contributed by atoms with Gasteiger partial charge in [0, 0.05) is 37.8 Å². The van der Waals surface area contributed by atoms with Crippen molar-refractivity contribution in [1.29, 1.82) is 0 Å². The molecule has 4 atom stereocenters. The second-order valence-electron chi connectivity index (χ2n) is 14.7. The van der Waals surface area contributed by atoms with Gasteiger partial charge in [0.15, 0.2) is 5.78 Å². The molecule has 0 unspecified atom stereocenters. The van der Waals surface area contributed by atoms with Gasteiger partial charge in [-0.05, 0) is 70.5 Å². The molecule has 0 aliphatic carbocycles. The minimum absolute atomic E-state index is 0.00646. The SMILES string of the molecule is O=C1CCC(=O)N[C@H](Cc2ccc(O)cc2)C(=O)N[C@@H](Cc2ccc(-c3ccccc3)cc2)C(=O)N[C@H](Cc2ccccc2)C(=O)C[C@H](C(=O)O)Cc2ccc(cc2)N1. The molecule has 5 aromatic rings. The molecule has 0 saturated carbocycles. The average molecular weight is 795 g/mol. The fourth-order valence-electron chi connectivity index (χ4n) is 6.98. The van der Waals surface area contributed by atoms with Crippen molar-refractivity contribution in [2.75, 3.05) is 5.32 Å². The van der Waals surface area contributed by atoms with Crippen molar-refractivity contribution in [2.24, 2.45) is 5.92 Å². The quantitative estimate of drug-likeness (QED) is 0.116. The smallest absolute Gasteiger partial charge is 0.307 e. The topological polar surface area (TPSA) is 191 Å². The molecule has 12 nitrogen and oxygen atoms in total. The van der Waals surface area contributed by atoms with Crippen LogP contribution in [0.4, 0.5) is 5.69 Å². The second kappa shape index (κ2) is 19.9. The first kappa shape index (κ1) is 41.6. The van der Waals surface area contributed by atoms with Gasteiger partial charge in [-0.3, -0.25) is 28.8 Å². The number of rotatable bonds is 8. The first-order valence-electron chi connectivity index (χ1n) is 19.5. The van der Waals surface area contributed by atoms with Crippen LogP contribution in [0, 0.1) is 5.92 Å². The lowest BCUT2D eigenvalue weighted by Crippen LogP contribution is -2.57. The highest BCUT2D eigenvalue weighted by molar-refractivity contribution is 5.97. The number of anilines is 1. The van der Waals surface area contributed by atoms with Crippen LogP contribution < -0.4 is 21.3 Å². The van der Waals surface area contributed by atoms with Crippen molar-refractivity contribution in [3.63, 3.8) is 0 Å². The molecule has 6 N–H and O–H groups in total. The van der Waals surface area contributed by atoms with Crippen molar-refractivity contribution in [2.45, 2.75) is 63.1 Å². The number of hydrogen-bond acceptors (Lipinski definition) is 7. The van der Waals surface area contributed by atoms with Gasteiger partial charge in [0.2, 0.25) is 23.6 Å². The van der Waals surface area contributed by atoms with E-state index in [1.54, 1.807) is 60.7 Å². The van der Waals surface area contributed by atoms with E-state index in [0.29, 0.717) is 22.4 Å². The summed E-state index contributed by atoms with van der Waals surface area (Å²) >= 11 is 0. The van der Waals surface area contributed by atoms with Crippen molar-refractivity contribution in [3.8, 4) is 16.9 Å². The Kier molecular flexibility index (Phi) is 14.0. The van der Waals surface area contributed by atoms with Crippen LogP contribution in [-0.2, 0) is 54.5 Å². The summed E-state index contributed by atoms with van der Waals surface area (Å²) in [4.78, 5) is 81.5. The zero-order valence-electron chi connectivity index (χ0n) is 32.3. The Bertz CT molecular complexity index is 2250. The molecular formula is C47H46N4O8. The summed E-state index contributed by atoms with van der Waals surface area (Å²) in [5, 5.41) is 31.2. The third kappa shape index (κ3) is 12.2. The summed E-state index contributed by atoms with van der Waals surface area (Å²) in [5.74, 6) is -5.20. The van der Waals surface area contributed by atoms with Crippen LogP contribution in [-0.4, -0.2) is 63.7 Å². The predicted molar refractivity (Wildman–Crippen MR) is 222 cm³/mol. The molecule has 2 aliphatic heterocycles. The summed E-state index contributed by atoms with van der Waals surface area (Å²) in [5.41, 5.74) is 5.03. The van der Waals surface area contributed by atoms with Gasteiger partial charge in [0.25, 0.3) is 0 Å². The maximum absolute atomic E-state index is 14.5. The van der Waals surface area contributed by atoms with E-state index in [1.807, 2.05) is 60.7 Å². The number of phenols is 1. The average Bonchev–Trinajstić information content (AvgIpc) is 3.24. The number of hydrogen-bond donors (Lipinski definition) is 6. The first-order chi connectivity index (χ1) is 28.5. The van der Waals surface area contributed by atoms with Gasteiger partial charge in [0.05, 0.1) is 12.0 Å². The summed E-state index contributed by atoms with van der Waals surface area (Å²) in [7, 11) is 0. The molecule has 0 saturated heterocycles. The molecule has 12 heteroatoms. The molecular weight excluding hydrogens is 749 g/mol. The number of carboxylic acid groups (broad SMARTS) is 1. The van der Waals surface area contributed by atoms with Crippen LogP contribution >= 0.6 is 0 Å². The van der Waals surface area contributed by atoms with E-state index < -0.39 is 59.4 Å². The fourth-order valence-corrected chi connectivity index (χ4v) is 6.98. The predicted octanol–water partition coefficient (Wildman–Crippen LogP) is 5.18. The molecule has 59 heavy (non-hydrogen) atoms. The highest BCUT2D eigenvalue weighted by Gasteiger charge is 2.32. The molecule has 5 aromatic carbocycles. The monoisotopic (exact) mass is 794 g/mol. The van der Waals surface area contributed by atoms with Crippen molar-refractivity contribution >= 4 is 41.1 Å². The van der Waals surface area contributed by atoms with Gasteiger partial charge in [-0.1, -0.05) is 109 Å². The number of ketones is 1. The molecule has 0 fully saturated rings. The third-order valence-corrected chi connectivity index (χ3v) is 10.2. The van der Waals surface area contributed by atoms with Gasteiger partial charge >= 0.3 is 5.97 Å². The van der Waals surface area contributed by atoms with Crippen LogP contribution in [0.15, 0.2) is 133 Å². The molecule has 0 radical (unpaired) electrons. The van der Waals surface area contributed by atoms with Gasteiger partial charge in [0.1, 0.15) is 17.8 Å².